The first-order valence-corrected chi connectivity index (χ1v) is 17.5. The van der Waals surface area contributed by atoms with Crippen molar-refractivity contribution in [2.45, 2.75) is 41.5 Å². The number of aromatic amines is 4. The average molecular weight is 679 g/mol. The molecular weight excluding hydrogens is 641 g/mol. The van der Waals surface area contributed by atoms with Crippen LogP contribution >= 0.6 is 0 Å². The fourth-order valence-corrected chi connectivity index (χ4v) is 8.21. The van der Waals surface area contributed by atoms with E-state index in [1.54, 1.807) is 12.7 Å². The second kappa shape index (κ2) is 12.1. The van der Waals surface area contributed by atoms with Crippen LogP contribution < -0.4 is 0 Å². The number of H-pyrrole nitrogens is 4. The molecule has 0 unspecified atom stereocenters. The van der Waals surface area contributed by atoms with Gasteiger partial charge in [-0.05, 0) is 123 Å². The van der Waals surface area contributed by atoms with E-state index in [-0.39, 0.29) is 0 Å². The van der Waals surface area contributed by atoms with Gasteiger partial charge in [0.15, 0.2) is 0 Å². The molecule has 7 heterocycles. The molecule has 254 valence electrons. The van der Waals surface area contributed by atoms with Gasteiger partial charge in [-0.1, -0.05) is 35.4 Å². The summed E-state index contributed by atoms with van der Waals surface area (Å²) in [7, 11) is 0. The second-order valence-electron chi connectivity index (χ2n) is 14.0. The Morgan fingerprint density at radius 1 is 0.404 bits per heavy atom. The van der Waals surface area contributed by atoms with Crippen molar-refractivity contribution in [2.75, 3.05) is 0 Å². The van der Waals surface area contributed by atoms with Gasteiger partial charge in [-0.15, -0.1) is 0 Å². The molecule has 0 amide bonds. The number of benzene rings is 2. The smallest absolute Gasteiger partial charge is 0.0927 e. The predicted octanol–water partition coefficient (Wildman–Crippen LogP) is 10.6. The summed E-state index contributed by atoms with van der Waals surface area (Å²) in [5.74, 6) is 0. The summed E-state index contributed by atoms with van der Waals surface area (Å²) < 4.78 is 0. The number of imidazole rings is 2. The third kappa shape index (κ3) is 5.14. The lowest BCUT2D eigenvalue weighted by Crippen LogP contribution is -1.95. The molecule has 8 bridgehead atoms. The summed E-state index contributed by atoms with van der Waals surface area (Å²) in [6, 6.07) is 17.5. The zero-order chi connectivity index (χ0) is 35.7. The van der Waals surface area contributed by atoms with Crippen molar-refractivity contribution in [3.05, 3.63) is 130 Å². The highest BCUT2D eigenvalue weighted by Crippen LogP contribution is 2.40. The molecule has 0 spiro atoms. The Morgan fingerprint density at radius 3 is 1.06 bits per heavy atom. The van der Waals surface area contributed by atoms with Gasteiger partial charge in [0.05, 0.1) is 69.0 Å². The van der Waals surface area contributed by atoms with Crippen LogP contribution in [0.25, 0.3) is 91.1 Å². The lowest BCUT2D eigenvalue weighted by atomic mass is 9.92. The highest BCUT2D eigenvalue weighted by Gasteiger charge is 2.22. The highest BCUT2D eigenvalue weighted by molar-refractivity contribution is 6.00. The summed E-state index contributed by atoms with van der Waals surface area (Å²) in [6.45, 7) is 13.0. The minimum Gasteiger partial charge on any atom is -0.354 e. The number of hydrogen-bond acceptors (Lipinski definition) is 4. The molecule has 5 aromatic heterocycles. The molecule has 2 aliphatic rings. The van der Waals surface area contributed by atoms with Gasteiger partial charge < -0.3 is 19.9 Å². The molecule has 0 aliphatic carbocycles. The summed E-state index contributed by atoms with van der Waals surface area (Å²) in [5.41, 5.74) is 22.2. The van der Waals surface area contributed by atoms with Crippen molar-refractivity contribution in [2.24, 2.45) is 0 Å². The first kappa shape index (κ1) is 31.4. The van der Waals surface area contributed by atoms with Crippen LogP contribution in [-0.4, -0.2) is 39.9 Å². The fourth-order valence-electron chi connectivity index (χ4n) is 8.21. The Morgan fingerprint density at radius 2 is 0.731 bits per heavy atom. The Balaban J connectivity index is 1.50. The van der Waals surface area contributed by atoms with E-state index in [0.29, 0.717) is 0 Å². The van der Waals surface area contributed by atoms with Crippen LogP contribution in [0, 0.1) is 41.5 Å². The van der Waals surface area contributed by atoms with Gasteiger partial charge >= 0.3 is 0 Å². The number of nitrogens with one attached hydrogen (secondary N) is 4. The molecule has 9 rings (SSSR count). The van der Waals surface area contributed by atoms with Crippen LogP contribution in [0.15, 0.2) is 73.6 Å². The van der Waals surface area contributed by atoms with Gasteiger partial charge in [0.1, 0.15) is 0 Å². The van der Waals surface area contributed by atoms with E-state index in [4.69, 9.17) is 19.9 Å². The molecule has 7 aromatic rings. The SMILES string of the molecule is Cc1cc(C)c(-c2c3nc(c(-c4c[nH]cn4)c4ccc([nH]4)c(-c4c(C)cc(C)cc4C)c4nc(c(-c5c[nH]cn5)c5ccc2[nH]5)C=C4)C=C3)c(C)c1. The second-order valence-corrected chi connectivity index (χ2v) is 14.0. The van der Waals surface area contributed by atoms with E-state index in [1.807, 2.05) is 12.4 Å². The van der Waals surface area contributed by atoms with Gasteiger partial charge in [-0.2, -0.15) is 0 Å². The van der Waals surface area contributed by atoms with Gasteiger partial charge in [0.25, 0.3) is 0 Å². The minimum atomic E-state index is 0.807. The summed E-state index contributed by atoms with van der Waals surface area (Å²) >= 11 is 0. The Labute approximate surface area is 301 Å². The first-order chi connectivity index (χ1) is 25.2. The van der Waals surface area contributed by atoms with Crippen molar-refractivity contribution in [1.29, 1.82) is 0 Å². The molecule has 8 heteroatoms. The standard InChI is InChI=1S/C44H38N8/c1-23-15-25(3)39(26(4)16-23)43-33-11-7-29(49-33)41(37-19-45-21-47-37)31-9-13-35(51-31)44(40-27(5)17-24(2)18-28(40)6)36-14-10-32(52-36)42(38-20-46-22-48-38)30-8-12-34(43)50-30/h7-22,49,52H,1-6H3,(H,45,47)(H,46,48). The van der Waals surface area contributed by atoms with E-state index in [2.05, 4.69) is 134 Å². The van der Waals surface area contributed by atoms with Crippen LogP contribution in [0.4, 0.5) is 0 Å². The van der Waals surface area contributed by atoms with Crippen LogP contribution in [0.3, 0.4) is 0 Å². The van der Waals surface area contributed by atoms with Crippen molar-refractivity contribution in [3.63, 3.8) is 0 Å². The summed E-state index contributed by atoms with van der Waals surface area (Å²) in [6.07, 6.45) is 15.7. The third-order valence-corrected chi connectivity index (χ3v) is 10.1. The largest absolute Gasteiger partial charge is 0.354 e. The normalized spacial score (nSPS) is 12.3. The lowest BCUT2D eigenvalue weighted by Gasteiger charge is -2.13. The Kier molecular flexibility index (Phi) is 7.29. The Hall–Kier alpha value is -6.54. The van der Waals surface area contributed by atoms with E-state index in [9.17, 15) is 0 Å². The minimum absolute atomic E-state index is 0.807. The van der Waals surface area contributed by atoms with Crippen molar-refractivity contribution in [1.82, 2.24) is 39.9 Å². The molecule has 0 radical (unpaired) electrons. The summed E-state index contributed by atoms with van der Waals surface area (Å²) in [4.78, 5) is 34.2. The van der Waals surface area contributed by atoms with Crippen LogP contribution in [0.2, 0.25) is 0 Å². The molecule has 8 nitrogen and oxygen atoms in total. The zero-order valence-corrected chi connectivity index (χ0v) is 30.0. The highest BCUT2D eigenvalue weighted by atomic mass is 14.9. The van der Waals surface area contributed by atoms with Gasteiger partial charge in [-0.3, -0.25) is 0 Å². The maximum absolute atomic E-state index is 5.39. The van der Waals surface area contributed by atoms with Crippen molar-refractivity contribution >= 4 is 46.4 Å². The molecule has 0 atom stereocenters. The summed E-state index contributed by atoms with van der Waals surface area (Å²) in [5, 5.41) is 0. The molecule has 2 aromatic carbocycles. The number of rotatable bonds is 4. The number of aryl methyl sites for hydroxylation is 6. The zero-order valence-electron chi connectivity index (χ0n) is 30.0. The molecular formula is C44H38N8. The number of aromatic nitrogens is 8. The molecule has 52 heavy (non-hydrogen) atoms. The van der Waals surface area contributed by atoms with E-state index in [1.165, 1.54) is 33.4 Å². The molecule has 0 saturated carbocycles. The number of hydrogen-bond donors (Lipinski definition) is 4. The van der Waals surface area contributed by atoms with Gasteiger partial charge in [0.2, 0.25) is 0 Å². The third-order valence-electron chi connectivity index (χ3n) is 10.1. The topological polar surface area (TPSA) is 115 Å². The molecule has 0 fully saturated rings. The van der Waals surface area contributed by atoms with Crippen molar-refractivity contribution < 1.29 is 0 Å². The maximum Gasteiger partial charge on any atom is 0.0927 e. The van der Waals surface area contributed by atoms with E-state index < -0.39 is 0 Å². The Bertz CT molecular complexity index is 2550. The van der Waals surface area contributed by atoms with E-state index in [0.717, 1.165) is 89.6 Å². The fraction of sp³-hybridized carbons (Fsp3) is 0.136. The van der Waals surface area contributed by atoms with Crippen LogP contribution in [0.1, 0.15) is 56.2 Å². The van der Waals surface area contributed by atoms with Gasteiger partial charge in [-0.25, -0.2) is 19.9 Å². The molecule has 4 N–H and O–H groups in total. The van der Waals surface area contributed by atoms with E-state index >= 15 is 0 Å². The van der Waals surface area contributed by atoms with Crippen LogP contribution in [-0.2, 0) is 0 Å². The van der Waals surface area contributed by atoms with Crippen molar-refractivity contribution in [3.8, 4) is 44.8 Å². The predicted molar refractivity (Wildman–Crippen MR) is 213 cm³/mol. The number of nitrogens with zero attached hydrogens (tertiary/aromatic N) is 4. The monoisotopic (exact) mass is 678 g/mol. The molecule has 0 saturated heterocycles. The first-order valence-electron chi connectivity index (χ1n) is 17.5. The van der Waals surface area contributed by atoms with Gasteiger partial charge in [0, 0.05) is 34.6 Å². The molecule has 2 aliphatic heterocycles. The quantitative estimate of drug-likeness (QED) is 0.148. The number of fused-ring (bicyclic) bond motifs is 8. The maximum atomic E-state index is 5.39. The lowest BCUT2D eigenvalue weighted by molar-refractivity contribution is 1.27. The van der Waals surface area contributed by atoms with Crippen LogP contribution in [0.5, 0.6) is 0 Å². The average Bonchev–Trinajstić information content (AvgIpc) is 3.95.